The van der Waals surface area contributed by atoms with E-state index >= 15 is 0 Å². The molecule has 0 bridgehead atoms. The van der Waals surface area contributed by atoms with Gasteiger partial charge in [-0.15, -0.1) is 0 Å². The molecule has 0 radical (unpaired) electrons. The van der Waals surface area contributed by atoms with Crippen LogP contribution in [0.3, 0.4) is 0 Å². The summed E-state index contributed by atoms with van der Waals surface area (Å²) in [5.74, 6) is 0. The van der Waals surface area contributed by atoms with E-state index in [1.807, 2.05) is 0 Å². The average molecular weight is 650 g/mol. The minimum Gasteiger partial charge on any atom is -1.00 e. The van der Waals surface area contributed by atoms with E-state index in [9.17, 15) is 0 Å². The van der Waals surface area contributed by atoms with E-state index in [-0.39, 0.29) is 24.0 Å². The van der Waals surface area contributed by atoms with E-state index in [0.29, 0.717) is 0 Å². The molecule has 0 aromatic heterocycles. The quantitative estimate of drug-likeness (QED) is 0.0387. The summed E-state index contributed by atoms with van der Waals surface area (Å²) in [4.78, 5) is 0. The second kappa shape index (κ2) is 33.9. The van der Waals surface area contributed by atoms with Crippen molar-refractivity contribution < 1.29 is 28.5 Å². The molecule has 38 heavy (non-hydrogen) atoms. The zero-order valence-corrected chi connectivity index (χ0v) is 29.6. The highest BCUT2D eigenvalue weighted by Crippen LogP contribution is 2.21. The molecule has 232 valence electrons. The van der Waals surface area contributed by atoms with Crippen LogP contribution in [0.2, 0.25) is 0 Å². The van der Waals surface area contributed by atoms with Crippen LogP contribution >= 0.6 is 0 Å². The second-order valence-corrected chi connectivity index (χ2v) is 12.7. The van der Waals surface area contributed by atoms with Crippen molar-refractivity contribution >= 4 is 0 Å². The second-order valence-electron chi connectivity index (χ2n) is 12.7. The van der Waals surface area contributed by atoms with E-state index in [4.69, 9.17) is 0 Å². The number of unbranched alkanes of at least 4 members (excludes halogenated alkanes) is 24. The van der Waals surface area contributed by atoms with Gasteiger partial charge >= 0.3 is 0 Å². The minimum atomic E-state index is 0. The van der Waals surface area contributed by atoms with Gasteiger partial charge in [0.1, 0.15) is 0 Å². The Morgan fingerprint density at radius 1 is 0.237 bits per heavy atom. The molecule has 0 N–H and O–H groups in total. The lowest BCUT2D eigenvalue weighted by Gasteiger charge is -2.40. The van der Waals surface area contributed by atoms with Gasteiger partial charge in [0.25, 0.3) is 0 Å². The summed E-state index contributed by atoms with van der Waals surface area (Å²) in [6.45, 7) is 15.3. The number of hydrogen-bond donors (Lipinski definition) is 0. The van der Waals surface area contributed by atoms with Crippen LogP contribution in [0.25, 0.3) is 0 Å². The van der Waals surface area contributed by atoms with Crippen molar-refractivity contribution in [2.75, 3.05) is 26.2 Å². The van der Waals surface area contributed by atoms with Crippen LogP contribution in [0, 0.1) is 0 Å². The van der Waals surface area contributed by atoms with Crippen molar-refractivity contribution in [3.63, 3.8) is 0 Å². The molecule has 0 unspecified atom stereocenters. The number of rotatable bonds is 32. The van der Waals surface area contributed by atoms with Crippen LogP contribution in [-0.4, -0.2) is 30.7 Å². The van der Waals surface area contributed by atoms with Crippen molar-refractivity contribution in [2.45, 2.75) is 207 Å². The topological polar surface area (TPSA) is 0 Å². The molecule has 0 heterocycles. The van der Waals surface area contributed by atoms with Crippen LogP contribution in [0.5, 0.6) is 0 Å². The van der Waals surface area contributed by atoms with Gasteiger partial charge in [-0.25, -0.2) is 0 Å². The van der Waals surface area contributed by atoms with Crippen molar-refractivity contribution in [1.29, 1.82) is 0 Å². The zero-order chi connectivity index (χ0) is 27.1. The third-order valence-electron chi connectivity index (χ3n) is 8.94. The molecule has 0 aliphatic heterocycles. The van der Waals surface area contributed by atoms with E-state index in [1.165, 1.54) is 210 Å². The third kappa shape index (κ3) is 28.2. The lowest BCUT2D eigenvalue weighted by atomic mass is 10.0. The maximum Gasteiger partial charge on any atom is 0.0786 e. The molecule has 0 aliphatic rings. The average Bonchev–Trinajstić information content (AvgIpc) is 2.91. The molecule has 0 aliphatic carbocycles. The van der Waals surface area contributed by atoms with Gasteiger partial charge < -0.3 is 28.5 Å². The standard InChI is InChI=1S/C36H76N.HI/c1-5-9-13-17-21-22-23-24-28-32-36-37(33-29-25-18-14-10-6-2,34-30-26-19-15-11-7-3)35-31-27-20-16-12-8-4;/h5-36H2,1-4H3;1H/q+1;/p-1. The highest BCUT2D eigenvalue weighted by molar-refractivity contribution is 4.55. The van der Waals surface area contributed by atoms with Gasteiger partial charge in [-0.05, 0) is 51.4 Å². The number of quaternary nitrogens is 1. The third-order valence-corrected chi connectivity index (χ3v) is 8.94. The lowest BCUT2D eigenvalue weighted by Crippen LogP contribution is -3.00. The van der Waals surface area contributed by atoms with Crippen LogP contribution < -0.4 is 24.0 Å². The van der Waals surface area contributed by atoms with Gasteiger partial charge in [-0.1, -0.05) is 156 Å². The summed E-state index contributed by atoms with van der Waals surface area (Å²) in [5, 5.41) is 0. The molecule has 0 saturated carbocycles. The Hall–Kier alpha value is 0.690. The maximum atomic E-state index is 2.34. The molecule has 0 rings (SSSR count). The maximum absolute atomic E-state index is 2.34. The molecule has 0 atom stereocenters. The highest BCUT2D eigenvalue weighted by Gasteiger charge is 2.25. The SMILES string of the molecule is CCCCCCCCCCCC[N+](CCCCCCCC)(CCCCCCCC)CCCCCCCC.[I-]. The Labute approximate surface area is 261 Å². The summed E-state index contributed by atoms with van der Waals surface area (Å²) >= 11 is 0. The largest absolute Gasteiger partial charge is 1.00 e. The van der Waals surface area contributed by atoms with Crippen molar-refractivity contribution in [2.24, 2.45) is 0 Å². The zero-order valence-electron chi connectivity index (χ0n) is 27.5. The Bertz CT molecular complexity index is 369. The van der Waals surface area contributed by atoms with Gasteiger partial charge in [0.15, 0.2) is 0 Å². The van der Waals surface area contributed by atoms with E-state index in [2.05, 4.69) is 27.7 Å². The van der Waals surface area contributed by atoms with Gasteiger partial charge in [0, 0.05) is 0 Å². The minimum absolute atomic E-state index is 0. The molecular weight excluding hydrogens is 573 g/mol. The Morgan fingerprint density at radius 2 is 0.395 bits per heavy atom. The fourth-order valence-corrected chi connectivity index (χ4v) is 6.29. The van der Waals surface area contributed by atoms with Crippen molar-refractivity contribution in [3.8, 4) is 0 Å². The molecular formula is C36H76IN. The van der Waals surface area contributed by atoms with Gasteiger partial charge in [0.2, 0.25) is 0 Å². The normalized spacial score (nSPS) is 11.7. The molecule has 0 aromatic rings. The monoisotopic (exact) mass is 650 g/mol. The van der Waals surface area contributed by atoms with E-state index < -0.39 is 0 Å². The summed E-state index contributed by atoms with van der Waals surface area (Å²) in [7, 11) is 0. The first-order valence-electron chi connectivity index (χ1n) is 18.1. The van der Waals surface area contributed by atoms with E-state index in [1.54, 1.807) is 0 Å². The lowest BCUT2D eigenvalue weighted by molar-refractivity contribution is -0.929. The fourth-order valence-electron chi connectivity index (χ4n) is 6.29. The molecule has 2 heteroatoms. The Morgan fingerprint density at radius 3 is 0.579 bits per heavy atom. The summed E-state index contributed by atoms with van der Waals surface area (Å²) in [5.41, 5.74) is 0. The first kappa shape index (κ1) is 40.8. The first-order valence-corrected chi connectivity index (χ1v) is 18.1. The number of halogens is 1. The molecule has 1 nitrogen and oxygen atoms in total. The summed E-state index contributed by atoms with van der Waals surface area (Å²) in [6.07, 6.45) is 40.7. The number of hydrogen-bond acceptors (Lipinski definition) is 0. The molecule has 0 amide bonds. The fraction of sp³-hybridized carbons (Fsp3) is 1.00. The highest BCUT2D eigenvalue weighted by atomic mass is 127. The first-order chi connectivity index (χ1) is 18.2. The smallest absolute Gasteiger partial charge is 0.0786 e. The van der Waals surface area contributed by atoms with Gasteiger partial charge in [-0.3, -0.25) is 0 Å². The molecule has 0 aromatic carbocycles. The summed E-state index contributed by atoms with van der Waals surface area (Å²) < 4.78 is 1.48. The number of nitrogens with zero attached hydrogens (tertiary/aromatic N) is 1. The van der Waals surface area contributed by atoms with Crippen molar-refractivity contribution in [1.82, 2.24) is 0 Å². The predicted molar refractivity (Wildman–Crippen MR) is 172 cm³/mol. The molecule has 0 saturated heterocycles. The molecule has 0 spiro atoms. The Kier molecular flexibility index (Phi) is 36.4. The predicted octanol–water partition coefficient (Wildman–Crippen LogP) is 9.81. The summed E-state index contributed by atoms with van der Waals surface area (Å²) in [6, 6.07) is 0. The molecule has 0 fully saturated rings. The van der Waals surface area contributed by atoms with Crippen LogP contribution in [0.4, 0.5) is 0 Å². The van der Waals surface area contributed by atoms with Crippen LogP contribution in [0.15, 0.2) is 0 Å². The van der Waals surface area contributed by atoms with Gasteiger partial charge in [-0.2, -0.15) is 0 Å². The van der Waals surface area contributed by atoms with Crippen LogP contribution in [0.1, 0.15) is 207 Å². The van der Waals surface area contributed by atoms with Crippen molar-refractivity contribution in [3.05, 3.63) is 0 Å². The van der Waals surface area contributed by atoms with Gasteiger partial charge in [0.05, 0.1) is 26.2 Å². The van der Waals surface area contributed by atoms with Crippen LogP contribution in [-0.2, 0) is 0 Å². The van der Waals surface area contributed by atoms with E-state index in [0.717, 1.165) is 0 Å². The Balaban J connectivity index is 0.